The van der Waals surface area contributed by atoms with Crippen molar-refractivity contribution in [2.24, 2.45) is 5.92 Å². The smallest absolute Gasteiger partial charge is 0.223 e. The number of aryl methyl sites for hydroxylation is 1. The topological polar surface area (TPSA) is 54.9 Å². The van der Waals surface area contributed by atoms with Gasteiger partial charge in [-0.05, 0) is 25.8 Å². The molecule has 0 unspecified atom stereocenters. The maximum Gasteiger partial charge on any atom is 0.223 e. The minimum absolute atomic E-state index is 0.154. The average Bonchev–Trinajstić information content (AvgIpc) is 2.97. The summed E-state index contributed by atoms with van der Waals surface area (Å²) in [5.74, 6) is 0.416. The summed E-state index contributed by atoms with van der Waals surface area (Å²) in [6.45, 7) is 2.42. The van der Waals surface area contributed by atoms with E-state index in [0.717, 1.165) is 24.2 Å². The van der Waals surface area contributed by atoms with Gasteiger partial charge in [-0.3, -0.25) is 4.79 Å². The van der Waals surface area contributed by atoms with E-state index in [4.69, 9.17) is 0 Å². The minimum atomic E-state index is 0.154. The highest BCUT2D eigenvalue weighted by molar-refractivity contribution is 5.80. The molecule has 0 atom stereocenters. The van der Waals surface area contributed by atoms with Crippen molar-refractivity contribution >= 4 is 5.91 Å². The van der Waals surface area contributed by atoms with Crippen molar-refractivity contribution in [3.05, 3.63) is 23.8 Å². The molecule has 0 radical (unpaired) electrons. The zero-order valence-corrected chi connectivity index (χ0v) is 8.16. The minimum Gasteiger partial charge on any atom is -0.350 e. The van der Waals surface area contributed by atoms with Crippen molar-refractivity contribution in [1.82, 2.24) is 15.3 Å². The molecule has 1 heterocycles. The first-order chi connectivity index (χ1) is 6.75. The third-order valence-electron chi connectivity index (χ3n) is 2.25. The van der Waals surface area contributed by atoms with E-state index in [1.54, 1.807) is 0 Å². The number of hydrogen-bond donors (Lipinski definition) is 1. The molecule has 4 nitrogen and oxygen atoms in total. The van der Waals surface area contributed by atoms with Gasteiger partial charge in [-0.25, -0.2) is 9.97 Å². The van der Waals surface area contributed by atoms with Gasteiger partial charge in [0.15, 0.2) is 0 Å². The quantitative estimate of drug-likeness (QED) is 0.769. The van der Waals surface area contributed by atoms with Crippen LogP contribution in [0.4, 0.5) is 0 Å². The summed E-state index contributed by atoms with van der Waals surface area (Å²) < 4.78 is 0. The second-order valence-electron chi connectivity index (χ2n) is 3.64. The van der Waals surface area contributed by atoms with Gasteiger partial charge < -0.3 is 5.32 Å². The summed E-state index contributed by atoms with van der Waals surface area (Å²) in [4.78, 5) is 19.4. The number of amides is 1. The molecule has 1 N–H and O–H groups in total. The number of rotatable bonds is 3. The molecule has 4 heteroatoms. The van der Waals surface area contributed by atoms with Crippen LogP contribution in [0.2, 0.25) is 0 Å². The fourth-order valence-electron chi connectivity index (χ4n) is 1.27. The summed E-state index contributed by atoms with van der Waals surface area (Å²) >= 11 is 0. The van der Waals surface area contributed by atoms with Crippen LogP contribution in [-0.4, -0.2) is 15.9 Å². The van der Waals surface area contributed by atoms with Gasteiger partial charge in [0.2, 0.25) is 5.91 Å². The first-order valence-corrected chi connectivity index (χ1v) is 4.81. The standard InChI is InChI=1S/C10H13N3O/c1-7-4-9(13-6-12-7)5-11-10(14)8-2-3-8/h4,6,8H,2-3,5H2,1H3,(H,11,14). The molecule has 1 aromatic heterocycles. The summed E-state index contributed by atoms with van der Waals surface area (Å²) in [5.41, 5.74) is 1.79. The maximum absolute atomic E-state index is 11.3. The van der Waals surface area contributed by atoms with E-state index in [1.807, 2.05) is 13.0 Å². The second kappa shape index (κ2) is 3.74. The molecule has 14 heavy (non-hydrogen) atoms. The highest BCUT2D eigenvalue weighted by Gasteiger charge is 2.29. The van der Waals surface area contributed by atoms with E-state index in [9.17, 15) is 4.79 Å². The molecule has 2 rings (SSSR count). The number of carbonyl (C=O) groups excluding carboxylic acids is 1. The lowest BCUT2D eigenvalue weighted by molar-refractivity contribution is -0.122. The van der Waals surface area contributed by atoms with Gasteiger partial charge in [-0.1, -0.05) is 0 Å². The SMILES string of the molecule is Cc1cc(CNC(=O)C2CC2)ncn1. The number of carbonyl (C=O) groups is 1. The van der Waals surface area contributed by atoms with Crippen molar-refractivity contribution in [2.75, 3.05) is 0 Å². The van der Waals surface area contributed by atoms with Crippen LogP contribution in [0.3, 0.4) is 0 Å². The molecule has 0 aromatic carbocycles. The molecule has 0 spiro atoms. The van der Waals surface area contributed by atoms with E-state index in [1.165, 1.54) is 6.33 Å². The Bertz CT molecular complexity index is 347. The lowest BCUT2D eigenvalue weighted by Crippen LogP contribution is -2.24. The fraction of sp³-hybridized carbons (Fsp3) is 0.500. The summed E-state index contributed by atoms with van der Waals surface area (Å²) in [7, 11) is 0. The fourth-order valence-corrected chi connectivity index (χ4v) is 1.27. The van der Waals surface area contributed by atoms with Crippen LogP contribution in [0, 0.1) is 12.8 Å². The molecule has 1 aliphatic rings. The highest BCUT2D eigenvalue weighted by Crippen LogP contribution is 2.28. The summed E-state index contributed by atoms with van der Waals surface area (Å²) in [6.07, 6.45) is 3.59. The van der Waals surface area contributed by atoms with E-state index >= 15 is 0 Å². The van der Waals surface area contributed by atoms with Crippen LogP contribution < -0.4 is 5.32 Å². The van der Waals surface area contributed by atoms with Crippen molar-refractivity contribution in [3.63, 3.8) is 0 Å². The Hall–Kier alpha value is -1.45. The Kier molecular flexibility index (Phi) is 2.43. The van der Waals surface area contributed by atoms with Crippen LogP contribution in [0.25, 0.3) is 0 Å². The highest BCUT2D eigenvalue weighted by atomic mass is 16.2. The Balaban J connectivity index is 1.87. The van der Waals surface area contributed by atoms with E-state index in [-0.39, 0.29) is 11.8 Å². The Morgan fingerprint density at radius 3 is 3.00 bits per heavy atom. The van der Waals surface area contributed by atoms with Crippen LogP contribution in [0.15, 0.2) is 12.4 Å². The lowest BCUT2D eigenvalue weighted by Gasteiger charge is -2.03. The van der Waals surface area contributed by atoms with Gasteiger partial charge in [0.25, 0.3) is 0 Å². The van der Waals surface area contributed by atoms with Crippen LogP contribution in [-0.2, 0) is 11.3 Å². The van der Waals surface area contributed by atoms with E-state index in [2.05, 4.69) is 15.3 Å². The van der Waals surface area contributed by atoms with E-state index in [0.29, 0.717) is 6.54 Å². The molecule has 1 fully saturated rings. The van der Waals surface area contributed by atoms with Crippen molar-refractivity contribution < 1.29 is 4.79 Å². The van der Waals surface area contributed by atoms with Crippen molar-refractivity contribution in [2.45, 2.75) is 26.3 Å². The average molecular weight is 191 g/mol. The number of nitrogens with zero attached hydrogens (tertiary/aromatic N) is 2. The third-order valence-corrected chi connectivity index (χ3v) is 2.25. The predicted octanol–water partition coefficient (Wildman–Crippen LogP) is 0.811. The Morgan fingerprint density at radius 2 is 2.36 bits per heavy atom. The molecule has 1 saturated carbocycles. The lowest BCUT2D eigenvalue weighted by atomic mass is 10.3. The third kappa shape index (κ3) is 2.28. The van der Waals surface area contributed by atoms with E-state index < -0.39 is 0 Å². The van der Waals surface area contributed by atoms with Crippen LogP contribution in [0.5, 0.6) is 0 Å². The van der Waals surface area contributed by atoms with Gasteiger partial charge in [-0.15, -0.1) is 0 Å². The molecule has 1 aromatic rings. The van der Waals surface area contributed by atoms with Gasteiger partial charge in [0.1, 0.15) is 6.33 Å². The van der Waals surface area contributed by atoms with Crippen LogP contribution >= 0.6 is 0 Å². The predicted molar refractivity (Wildman–Crippen MR) is 51.3 cm³/mol. The Labute approximate surface area is 82.8 Å². The molecule has 1 aliphatic carbocycles. The molecule has 1 amide bonds. The molecule has 0 saturated heterocycles. The van der Waals surface area contributed by atoms with Gasteiger partial charge >= 0.3 is 0 Å². The number of hydrogen-bond acceptors (Lipinski definition) is 3. The maximum atomic E-state index is 11.3. The molecule has 0 bridgehead atoms. The number of aromatic nitrogens is 2. The van der Waals surface area contributed by atoms with Crippen molar-refractivity contribution in [3.8, 4) is 0 Å². The zero-order chi connectivity index (χ0) is 9.97. The van der Waals surface area contributed by atoms with Gasteiger partial charge in [0.05, 0.1) is 12.2 Å². The zero-order valence-electron chi connectivity index (χ0n) is 8.16. The normalized spacial score (nSPS) is 15.2. The van der Waals surface area contributed by atoms with Gasteiger partial charge in [0, 0.05) is 11.6 Å². The number of nitrogens with one attached hydrogen (secondary N) is 1. The summed E-state index contributed by atoms with van der Waals surface area (Å²) in [5, 5.41) is 2.86. The molecule has 0 aliphatic heterocycles. The van der Waals surface area contributed by atoms with Crippen LogP contribution in [0.1, 0.15) is 24.2 Å². The Morgan fingerprint density at radius 1 is 1.57 bits per heavy atom. The molecule has 74 valence electrons. The van der Waals surface area contributed by atoms with Crippen molar-refractivity contribution in [1.29, 1.82) is 0 Å². The molecular weight excluding hydrogens is 178 g/mol. The molecular formula is C10H13N3O. The monoisotopic (exact) mass is 191 g/mol. The largest absolute Gasteiger partial charge is 0.350 e. The van der Waals surface area contributed by atoms with Gasteiger partial charge in [-0.2, -0.15) is 0 Å². The summed E-state index contributed by atoms with van der Waals surface area (Å²) in [6, 6.07) is 1.88. The first kappa shape index (κ1) is 9.12. The first-order valence-electron chi connectivity index (χ1n) is 4.81. The second-order valence-corrected chi connectivity index (χ2v) is 3.64.